The fourth-order valence-electron chi connectivity index (χ4n) is 3.38. The number of piperidine rings is 1. The number of nitriles is 1. The van der Waals surface area contributed by atoms with Crippen LogP contribution in [-0.2, 0) is 6.54 Å². The Balaban J connectivity index is 1.68. The van der Waals surface area contributed by atoms with Crippen LogP contribution in [0, 0.1) is 31.1 Å². The summed E-state index contributed by atoms with van der Waals surface area (Å²) in [5, 5.41) is 8.86. The molecule has 2 aromatic rings. The number of aryl methyl sites for hydroxylation is 2. The second kappa shape index (κ2) is 6.88. The van der Waals surface area contributed by atoms with Crippen molar-refractivity contribution in [2.45, 2.75) is 33.2 Å². The van der Waals surface area contributed by atoms with Gasteiger partial charge in [0.1, 0.15) is 5.82 Å². The molecule has 1 amide bonds. The Morgan fingerprint density at radius 2 is 2.08 bits per heavy atom. The van der Waals surface area contributed by atoms with Gasteiger partial charge in [-0.1, -0.05) is 0 Å². The molecule has 0 bridgehead atoms. The molecule has 2 heterocycles. The first-order chi connectivity index (χ1) is 11.6. The Morgan fingerprint density at radius 3 is 2.71 bits per heavy atom. The van der Waals surface area contributed by atoms with E-state index in [1.807, 2.05) is 18.0 Å². The zero-order chi connectivity index (χ0) is 17.1. The van der Waals surface area contributed by atoms with E-state index in [2.05, 4.69) is 22.5 Å². The van der Waals surface area contributed by atoms with Crippen molar-refractivity contribution in [1.82, 2.24) is 14.5 Å². The summed E-state index contributed by atoms with van der Waals surface area (Å²) < 4.78 is 2.24. The smallest absolute Gasteiger partial charge is 0.253 e. The molecule has 1 aliphatic rings. The Labute approximate surface area is 142 Å². The van der Waals surface area contributed by atoms with Crippen molar-refractivity contribution in [3.63, 3.8) is 0 Å². The third-order valence-corrected chi connectivity index (χ3v) is 4.76. The van der Waals surface area contributed by atoms with Gasteiger partial charge in [0.15, 0.2) is 0 Å². The Morgan fingerprint density at radius 1 is 1.33 bits per heavy atom. The van der Waals surface area contributed by atoms with Crippen LogP contribution < -0.4 is 0 Å². The van der Waals surface area contributed by atoms with Gasteiger partial charge in [0.2, 0.25) is 0 Å². The lowest BCUT2D eigenvalue weighted by molar-refractivity contribution is 0.0661. The highest BCUT2D eigenvalue weighted by Crippen LogP contribution is 2.21. The normalized spacial score (nSPS) is 17.5. The average molecular weight is 322 g/mol. The van der Waals surface area contributed by atoms with Gasteiger partial charge in [-0.25, -0.2) is 4.98 Å². The molecular weight excluding hydrogens is 300 g/mol. The summed E-state index contributed by atoms with van der Waals surface area (Å²) in [5.41, 5.74) is 2.40. The molecule has 0 aliphatic carbocycles. The Kier molecular flexibility index (Phi) is 4.66. The molecule has 0 spiro atoms. The average Bonchev–Trinajstić information content (AvgIpc) is 2.93. The number of carbonyl (C=O) groups is 1. The van der Waals surface area contributed by atoms with E-state index in [4.69, 9.17) is 5.26 Å². The number of carbonyl (C=O) groups excluding carboxylic acids is 1. The van der Waals surface area contributed by atoms with Gasteiger partial charge in [-0.3, -0.25) is 4.79 Å². The van der Waals surface area contributed by atoms with E-state index >= 15 is 0 Å². The first-order valence-corrected chi connectivity index (χ1v) is 8.36. The minimum atomic E-state index is 0.0586. The third kappa shape index (κ3) is 3.33. The van der Waals surface area contributed by atoms with Crippen LogP contribution >= 0.6 is 0 Å². The molecule has 0 saturated carbocycles. The first kappa shape index (κ1) is 16.3. The van der Waals surface area contributed by atoms with Crippen LogP contribution in [0.4, 0.5) is 0 Å². The van der Waals surface area contributed by atoms with Crippen LogP contribution in [0.3, 0.4) is 0 Å². The lowest BCUT2D eigenvalue weighted by atomic mass is 9.97. The van der Waals surface area contributed by atoms with Crippen molar-refractivity contribution in [3.8, 4) is 6.07 Å². The zero-order valence-corrected chi connectivity index (χ0v) is 14.2. The largest absolute Gasteiger partial charge is 0.338 e. The number of hydrogen-bond acceptors (Lipinski definition) is 3. The van der Waals surface area contributed by atoms with E-state index < -0.39 is 0 Å². The van der Waals surface area contributed by atoms with E-state index in [9.17, 15) is 4.79 Å². The second-order valence-electron chi connectivity index (χ2n) is 6.51. The molecule has 1 aromatic heterocycles. The van der Waals surface area contributed by atoms with Crippen molar-refractivity contribution in [2.24, 2.45) is 5.92 Å². The van der Waals surface area contributed by atoms with E-state index in [0.29, 0.717) is 17.0 Å². The summed E-state index contributed by atoms with van der Waals surface area (Å²) in [4.78, 5) is 19.0. The van der Waals surface area contributed by atoms with Crippen molar-refractivity contribution in [2.75, 3.05) is 13.1 Å². The van der Waals surface area contributed by atoms with Crippen molar-refractivity contribution < 1.29 is 4.79 Å². The fraction of sp³-hybridized carbons (Fsp3) is 0.421. The van der Waals surface area contributed by atoms with Crippen LogP contribution in [0.2, 0.25) is 0 Å². The SMILES string of the molecule is Cc1cnc(C)n1CC1CCCN(C(=O)c2ccc(C#N)cc2)C1. The lowest BCUT2D eigenvalue weighted by Crippen LogP contribution is -2.41. The van der Waals surface area contributed by atoms with E-state index in [1.54, 1.807) is 24.3 Å². The first-order valence-electron chi connectivity index (χ1n) is 8.36. The zero-order valence-electron chi connectivity index (χ0n) is 14.2. The number of likely N-dealkylation sites (tertiary alicyclic amines) is 1. The number of nitrogens with zero attached hydrogens (tertiary/aromatic N) is 4. The topological polar surface area (TPSA) is 61.9 Å². The molecule has 24 heavy (non-hydrogen) atoms. The summed E-state index contributed by atoms with van der Waals surface area (Å²) in [6, 6.07) is 8.97. The molecule has 5 heteroatoms. The maximum atomic E-state index is 12.7. The van der Waals surface area contributed by atoms with Crippen LogP contribution in [0.15, 0.2) is 30.5 Å². The summed E-state index contributed by atoms with van der Waals surface area (Å²) in [7, 11) is 0. The van der Waals surface area contributed by atoms with Crippen molar-refractivity contribution in [3.05, 3.63) is 53.1 Å². The van der Waals surface area contributed by atoms with Crippen LogP contribution in [0.5, 0.6) is 0 Å². The molecule has 5 nitrogen and oxygen atoms in total. The minimum Gasteiger partial charge on any atom is -0.338 e. The standard InChI is InChI=1S/C19H22N4O/c1-14-11-21-15(2)23(14)13-17-4-3-9-22(12-17)19(24)18-7-5-16(10-20)6-8-18/h5-8,11,17H,3-4,9,12-13H2,1-2H3. The van der Waals surface area contributed by atoms with Crippen LogP contribution in [0.25, 0.3) is 0 Å². The predicted molar refractivity (Wildman–Crippen MR) is 91.5 cm³/mol. The predicted octanol–water partition coefficient (Wildman–Crippen LogP) is 2.92. The summed E-state index contributed by atoms with van der Waals surface area (Å²) >= 11 is 0. The van der Waals surface area contributed by atoms with E-state index in [0.717, 1.165) is 38.3 Å². The van der Waals surface area contributed by atoms with E-state index in [-0.39, 0.29) is 5.91 Å². The number of hydrogen-bond donors (Lipinski definition) is 0. The van der Waals surface area contributed by atoms with Crippen LogP contribution in [-0.4, -0.2) is 33.4 Å². The molecule has 0 radical (unpaired) electrons. The summed E-state index contributed by atoms with van der Waals surface area (Å²) in [6.45, 7) is 6.58. The molecule has 1 unspecified atom stereocenters. The van der Waals surface area contributed by atoms with Gasteiger partial charge in [-0.05, 0) is 56.9 Å². The van der Waals surface area contributed by atoms with Gasteiger partial charge in [-0.2, -0.15) is 5.26 Å². The number of rotatable bonds is 3. The van der Waals surface area contributed by atoms with Crippen molar-refractivity contribution >= 4 is 5.91 Å². The quantitative estimate of drug-likeness (QED) is 0.873. The Hall–Kier alpha value is -2.61. The van der Waals surface area contributed by atoms with Gasteiger partial charge >= 0.3 is 0 Å². The minimum absolute atomic E-state index is 0.0586. The van der Waals surface area contributed by atoms with Gasteiger partial charge in [0.05, 0.1) is 11.6 Å². The molecule has 124 valence electrons. The van der Waals surface area contributed by atoms with E-state index in [1.165, 1.54) is 5.69 Å². The molecule has 1 atom stereocenters. The Bertz CT molecular complexity index is 750. The number of amides is 1. The molecule has 1 aliphatic heterocycles. The molecule has 3 rings (SSSR count). The maximum Gasteiger partial charge on any atom is 0.253 e. The summed E-state index contributed by atoms with van der Waals surface area (Å²) in [5.74, 6) is 1.54. The van der Waals surface area contributed by atoms with Gasteiger partial charge in [-0.15, -0.1) is 0 Å². The van der Waals surface area contributed by atoms with Gasteiger partial charge < -0.3 is 9.47 Å². The molecule has 1 fully saturated rings. The van der Waals surface area contributed by atoms with Crippen molar-refractivity contribution in [1.29, 1.82) is 5.26 Å². The highest BCUT2D eigenvalue weighted by molar-refractivity contribution is 5.94. The third-order valence-electron chi connectivity index (χ3n) is 4.76. The number of benzene rings is 1. The molecule has 1 saturated heterocycles. The van der Waals surface area contributed by atoms with Gasteiger partial charge in [0, 0.05) is 37.1 Å². The molecular formula is C19H22N4O. The highest BCUT2D eigenvalue weighted by atomic mass is 16.2. The summed E-state index contributed by atoms with van der Waals surface area (Å²) in [6.07, 6.45) is 4.06. The second-order valence-corrected chi connectivity index (χ2v) is 6.51. The lowest BCUT2D eigenvalue weighted by Gasteiger charge is -2.33. The molecule has 1 aromatic carbocycles. The highest BCUT2D eigenvalue weighted by Gasteiger charge is 2.25. The number of imidazole rings is 1. The van der Waals surface area contributed by atoms with Gasteiger partial charge in [0.25, 0.3) is 5.91 Å². The molecule has 0 N–H and O–H groups in total. The monoisotopic (exact) mass is 322 g/mol. The number of aromatic nitrogens is 2. The maximum absolute atomic E-state index is 12.7. The van der Waals surface area contributed by atoms with Crippen LogP contribution in [0.1, 0.15) is 40.3 Å². The fourth-order valence-corrected chi connectivity index (χ4v) is 3.38.